The summed E-state index contributed by atoms with van der Waals surface area (Å²) in [6.45, 7) is 0. The SMILES string of the molecule is O=C1[C@@H]2[C@H]3C=C[C@H]([C@H]4C[C@@H]34)[C@@H]2C(=O)N1/N=C\c1ccc(Br)cc1. The minimum absolute atomic E-state index is 0.113. The first kappa shape index (κ1) is 13.7. The number of allylic oxidation sites excluding steroid dienone is 2. The van der Waals surface area contributed by atoms with E-state index < -0.39 is 0 Å². The first-order valence-electron chi connectivity index (χ1n) is 8.01. The van der Waals surface area contributed by atoms with Gasteiger partial charge >= 0.3 is 0 Å². The van der Waals surface area contributed by atoms with E-state index in [-0.39, 0.29) is 35.5 Å². The van der Waals surface area contributed by atoms with Crippen molar-refractivity contribution in [1.82, 2.24) is 5.01 Å². The Morgan fingerprint density at radius 1 is 1.00 bits per heavy atom. The van der Waals surface area contributed by atoms with Gasteiger partial charge in [-0.3, -0.25) is 9.59 Å². The summed E-state index contributed by atoms with van der Waals surface area (Å²) in [5.41, 5.74) is 0.868. The van der Waals surface area contributed by atoms with Gasteiger partial charge in [0, 0.05) is 4.47 Å². The average molecular weight is 371 g/mol. The van der Waals surface area contributed by atoms with Crippen molar-refractivity contribution in [2.45, 2.75) is 6.42 Å². The van der Waals surface area contributed by atoms with Crippen LogP contribution in [0.5, 0.6) is 0 Å². The van der Waals surface area contributed by atoms with Crippen LogP contribution in [0.4, 0.5) is 0 Å². The maximum absolute atomic E-state index is 12.7. The fourth-order valence-electron chi connectivity index (χ4n) is 4.73. The lowest BCUT2D eigenvalue weighted by Gasteiger charge is -2.37. The van der Waals surface area contributed by atoms with Gasteiger partial charge < -0.3 is 0 Å². The average Bonchev–Trinajstić information content (AvgIpc) is 3.33. The number of carbonyl (C=O) groups excluding carboxylic acids is 2. The van der Waals surface area contributed by atoms with Crippen LogP contribution in [0.3, 0.4) is 0 Å². The Morgan fingerprint density at radius 2 is 1.57 bits per heavy atom. The zero-order valence-corrected chi connectivity index (χ0v) is 13.9. The molecule has 5 heteroatoms. The Bertz CT molecular complexity index is 734. The predicted molar refractivity (Wildman–Crippen MR) is 88.3 cm³/mol. The first-order chi connectivity index (χ1) is 11.1. The summed E-state index contributed by atoms with van der Waals surface area (Å²) in [7, 11) is 0. The third-order valence-corrected chi connectivity index (χ3v) is 6.36. The van der Waals surface area contributed by atoms with Crippen LogP contribution in [0.15, 0.2) is 46.0 Å². The Hall–Kier alpha value is -1.75. The van der Waals surface area contributed by atoms with Gasteiger partial charge in [-0.25, -0.2) is 0 Å². The summed E-state index contributed by atoms with van der Waals surface area (Å²) >= 11 is 3.38. The van der Waals surface area contributed by atoms with Crippen molar-refractivity contribution in [3.8, 4) is 0 Å². The van der Waals surface area contributed by atoms with Crippen LogP contribution in [0.1, 0.15) is 12.0 Å². The number of benzene rings is 1. The second kappa shape index (κ2) is 4.63. The molecule has 0 radical (unpaired) electrons. The molecule has 23 heavy (non-hydrogen) atoms. The third-order valence-electron chi connectivity index (χ3n) is 5.83. The van der Waals surface area contributed by atoms with Crippen molar-refractivity contribution >= 4 is 34.0 Å². The lowest BCUT2D eigenvalue weighted by atomic mass is 9.63. The number of hydrazone groups is 1. The molecular formula is C18H15BrN2O2. The van der Waals surface area contributed by atoms with Crippen LogP contribution in [-0.2, 0) is 9.59 Å². The number of halogens is 1. The van der Waals surface area contributed by atoms with Gasteiger partial charge in [0.15, 0.2) is 0 Å². The standard InChI is InChI=1S/C18H15BrN2O2/c19-10-3-1-9(2-4-10)8-20-21-17(22)15-11-5-6-12(14-7-13(11)14)16(15)18(21)23/h1-6,8,11-16H,7H2/b20-8-/t11-,12+,13-,14+,15+,16-. The first-order valence-corrected chi connectivity index (χ1v) is 8.80. The van der Waals surface area contributed by atoms with E-state index in [2.05, 4.69) is 33.2 Å². The van der Waals surface area contributed by atoms with Crippen molar-refractivity contribution < 1.29 is 9.59 Å². The molecule has 1 heterocycles. The normalized spacial score (nSPS) is 40.0. The molecule has 0 spiro atoms. The van der Waals surface area contributed by atoms with Gasteiger partial charge in [-0.05, 0) is 47.8 Å². The summed E-state index contributed by atoms with van der Waals surface area (Å²) in [4.78, 5) is 25.5. The van der Waals surface area contributed by atoms with Gasteiger partial charge in [0.05, 0.1) is 18.1 Å². The molecule has 5 aliphatic rings. The second-order valence-corrected chi connectivity index (χ2v) is 7.85. The molecular weight excluding hydrogens is 356 g/mol. The number of amides is 2. The number of rotatable bonds is 2. The van der Waals surface area contributed by atoms with Gasteiger partial charge in [0.2, 0.25) is 0 Å². The quantitative estimate of drug-likeness (QED) is 0.456. The zero-order valence-electron chi connectivity index (χ0n) is 12.3. The molecule has 1 saturated heterocycles. The van der Waals surface area contributed by atoms with E-state index in [0.717, 1.165) is 15.0 Å². The van der Waals surface area contributed by atoms with Crippen LogP contribution in [-0.4, -0.2) is 23.0 Å². The summed E-state index contributed by atoms with van der Waals surface area (Å²) in [5.74, 6) is 1.17. The van der Waals surface area contributed by atoms with E-state index >= 15 is 0 Å². The van der Waals surface area contributed by atoms with Crippen molar-refractivity contribution in [1.29, 1.82) is 0 Å². The molecule has 6 atom stereocenters. The molecule has 0 N–H and O–H groups in total. The Morgan fingerprint density at radius 3 is 2.13 bits per heavy atom. The largest absolute Gasteiger partial charge is 0.272 e. The van der Waals surface area contributed by atoms with Crippen LogP contribution >= 0.6 is 15.9 Å². The molecule has 6 rings (SSSR count). The van der Waals surface area contributed by atoms with Gasteiger partial charge in [-0.1, -0.05) is 40.2 Å². The number of nitrogens with zero attached hydrogens (tertiary/aromatic N) is 2. The molecule has 3 fully saturated rings. The highest BCUT2D eigenvalue weighted by atomic mass is 79.9. The lowest BCUT2D eigenvalue weighted by molar-refractivity contribution is -0.140. The number of imide groups is 1. The Labute approximate surface area is 142 Å². The van der Waals surface area contributed by atoms with Crippen molar-refractivity contribution in [3.63, 3.8) is 0 Å². The number of carbonyl (C=O) groups is 2. The Kier molecular flexibility index (Phi) is 2.75. The highest BCUT2D eigenvalue weighted by Gasteiger charge is 2.67. The highest BCUT2D eigenvalue weighted by molar-refractivity contribution is 9.10. The second-order valence-electron chi connectivity index (χ2n) is 6.94. The molecule has 2 saturated carbocycles. The maximum Gasteiger partial charge on any atom is 0.254 e. The van der Waals surface area contributed by atoms with E-state index in [1.54, 1.807) is 6.21 Å². The van der Waals surface area contributed by atoms with E-state index in [1.807, 2.05) is 24.3 Å². The van der Waals surface area contributed by atoms with Crippen LogP contribution in [0, 0.1) is 35.5 Å². The molecule has 116 valence electrons. The highest BCUT2D eigenvalue weighted by Crippen LogP contribution is 2.65. The fourth-order valence-corrected chi connectivity index (χ4v) is 4.99. The van der Waals surface area contributed by atoms with Crippen molar-refractivity contribution in [3.05, 3.63) is 46.5 Å². The molecule has 4 aliphatic carbocycles. The van der Waals surface area contributed by atoms with Gasteiger partial charge in [-0.2, -0.15) is 10.1 Å². The molecule has 1 aromatic carbocycles. The molecule has 0 aromatic heterocycles. The molecule has 2 bridgehead atoms. The summed E-state index contributed by atoms with van der Waals surface area (Å²) < 4.78 is 0.982. The molecule has 4 nitrogen and oxygen atoms in total. The topological polar surface area (TPSA) is 49.7 Å². The lowest BCUT2D eigenvalue weighted by Crippen LogP contribution is -2.40. The number of hydrogen-bond acceptors (Lipinski definition) is 3. The Balaban J connectivity index is 1.44. The predicted octanol–water partition coefficient (Wildman–Crippen LogP) is 2.84. The maximum atomic E-state index is 12.7. The summed E-state index contributed by atoms with van der Waals surface area (Å²) in [6.07, 6.45) is 7.12. The monoisotopic (exact) mass is 370 g/mol. The van der Waals surface area contributed by atoms with Gasteiger partial charge in [0.1, 0.15) is 0 Å². The molecule has 2 amide bonds. The fraction of sp³-hybridized carbons (Fsp3) is 0.389. The minimum Gasteiger partial charge on any atom is -0.272 e. The van der Waals surface area contributed by atoms with E-state index in [9.17, 15) is 9.59 Å². The third kappa shape index (κ3) is 1.86. The summed E-state index contributed by atoms with van der Waals surface area (Å²) in [6, 6.07) is 7.61. The summed E-state index contributed by atoms with van der Waals surface area (Å²) in [5, 5.41) is 5.33. The van der Waals surface area contributed by atoms with Crippen LogP contribution in [0.25, 0.3) is 0 Å². The number of hydrogen-bond donors (Lipinski definition) is 0. The minimum atomic E-state index is -0.177. The van der Waals surface area contributed by atoms with E-state index in [4.69, 9.17) is 0 Å². The van der Waals surface area contributed by atoms with E-state index in [1.165, 1.54) is 6.42 Å². The van der Waals surface area contributed by atoms with E-state index in [0.29, 0.717) is 11.8 Å². The van der Waals surface area contributed by atoms with Crippen molar-refractivity contribution in [2.75, 3.05) is 0 Å². The zero-order chi connectivity index (χ0) is 15.7. The van der Waals surface area contributed by atoms with Crippen molar-refractivity contribution in [2.24, 2.45) is 40.6 Å². The van der Waals surface area contributed by atoms with Crippen LogP contribution < -0.4 is 0 Å². The molecule has 0 unspecified atom stereocenters. The van der Waals surface area contributed by atoms with Gasteiger partial charge in [0.25, 0.3) is 11.8 Å². The molecule has 1 aromatic rings. The smallest absolute Gasteiger partial charge is 0.254 e. The molecule has 1 aliphatic heterocycles. The van der Waals surface area contributed by atoms with Crippen LogP contribution in [0.2, 0.25) is 0 Å². The van der Waals surface area contributed by atoms with Gasteiger partial charge in [-0.15, -0.1) is 0 Å².